The fourth-order valence-electron chi connectivity index (χ4n) is 7.61. The maximum absolute atomic E-state index is 3.52. The van der Waals surface area contributed by atoms with Gasteiger partial charge >= 0.3 is 0 Å². The molecule has 2 heteroatoms. The van der Waals surface area contributed by atoms with Gasteiger partial charge in [-0.3, -0.25) is 0 Å². The van der Waals surface area contributed by atoms with Gasteiger partial charge in [0.25, 0.3) is 0 Å². The predicted octanol–water partition coefficient (Wildman–Crippen LogP) is 12.0. The fourth-order valence-corrected chi connectivity index (χ4v) is 7.61. The van der Waals surface area contributed by atoms with Gasteiger partial charge in [-0.2, -0.15) is 0 Å². The van der Waals surface area contributed by atoms with Crippen molar-refractivity contribution in [3.63, 3.8) is 0 Å². The van der Waals surface area contributed by atoms with Gasteiger partial charge in [-0.25, -0.2) is 0 Å². The number of hydrogen-bond donors (Lipinski definition) is 0. The Morgan fingerprint density at radius 2 is 0.979 bits per heavy atom. The summed E-state index contributed by atoms with van der Waals surface area (Å²) < 4.78 is 4.80. The summed E-state index contributed by atoms with van der Waals surface area (Å²) in [5, 5.41) is 7.42. The van der Waals surface area contributed by atoms with Crippen molar-refractivity contribution in [2.45, 2.75) is 0 Å². The van der Waals surface area contributed by atoms with E-state index in [9.17, 15) is 0 Å². The van der Waals surface area contributed by atoms with Crippen molar-refractivity contribution in [2.24, 2.45) is 0 Å². The quantitative estimate of drug-likeness (QED) is 0.188. The van der Waals surface area contributed by atoms with E-state index in [1.165, 1.54) is 54.5 Å². The summed E-state index contributed by atoms with van der Waals surface area (Å²) in [6, 6.07) is 68.0. The summed E-state index contributed by atoms with van der Waals surface area (Å²) in [4.78, 5) is 0. The monoisotopic (exact) mass is 608 g/mol. The van der Waals surface area contributed by atoms with Gasteiger partial charge in [-0.15, -0.1) is 0 Å². The third kappa shape index (κ3) is 3.95. The van der Waals surface area contributed by atoms with Gasteiger partial charge in [0, 0.05) is 38.4 Å². The van der Waals surface area contributed by atoms with Gasteiger partial charge in [0.05, 0.1) is 27.8 Å². The Morgan fingerprint density at radius 3 is 1.71 bits per heavy atom. The van der Waals surface area contributed by atoms with E-state index in [1.807, 2.05) is 6.07 Å². The van der Waals surface area contributed by atoms with Crippen LogP contribution in [0.5, 0.6) is 0 Å². The Hall–Kier alpha value is -6.56. The van der Waals surface area contributed by atoms with Crippen LogP contribution in [-0.2, 0) is 0 Å². The third-order valence-electron chi connectivity index (χ3n) is 9.72. The lowest BCUT2D eigenvalue weighted by atomic mass is 9.95. The molecule has 0 aliphatic rings. The van der Waals surface area contributed by atoms with Crippen molar-refractivity contribution in [3.05, 3.63) is 182 Å². The average molecular weight is 609 g/mol. The van der Waals surface area contributed by atoms with Gasteiger partial charge in [0.2, 0.25) is 0 Å². The number of rotatable bonds is 4. The molecular weight excluding hydrogens is 581 g/mol. The topological polar surface area (TPSA) is 9.86 Å². The van der Waals surface area contributed by atoms with Crippen molar-refractivity contribution >= 4 is 54.4 Å². The van der Waals surface area contributed by atoms with E-state index in [0.29, 0.717) is 0 Å². The molecule has 222 valence electrons. The number of fused-ring (bicyclic) bond motifs is 7. The van der Waals surface area contributed by atoms with E-state index in [4.69, 9.17) is 0 Å². The average Bonchev–Trinajstić information content (AvgIpc) is 3.67. The number of aromatic nitrogens is 2. The lowest BCUT2D eigenvalue weighted by molar-refractivity contribution is 1.16. The minimum Gasteiger partial charge on any atom is -0.309 e. The van der Waals surface area contributed by atoms with Crippen LogP contribution in [0, 0.1) is 12.1 Å². The highest BCUT2D eigenvalue weighted by Crippen LogP contribution is 2.43. The molecule has 0 spiro atoms. The van der Waals surface area contributed by atoms with Crippen molar-refractivity contribution in [1.82, 2.24) is 9.13 Å². The van der Waals surface area contributed by atoms with Crippen LogP contribution in [0.2, 0.25) is 0 Å². The van der Waals surface area contributed by atoms with Crippen molar-refractivity contribution in [2.75, 3.05) is 0 Å². The van der Waals surface area contributed by atoms with Crippen LogP contribution in [0.15, 0.2) is 170 Å². The fraction of sp³-hybridized carbons (Fsp3) is 0. The zero-order chi connectivity index (χ0) is 31.6. The molecule has 0 amide bonds. The van der Waals surface area contributed by atoms with E-state index in [-0.39, 0.29) is 0 Å². The van der Waals surface area contributed by atoms with Gasteiger partial charge in [-0.1, -0.05) is 133 Å². The molecule has 0 fully saturated rings. The molecule has 8 aromatic carbocycles. The van der Waals surface area contributed by atoms with Crippen molar-refractivity contribution in [3.8, 4) is 33.6 Å². The Morgan fingerprint density at radius 1 is 0.375 bits per heavy atom. The number of nitrogens with zero attached hydrogens (tertiary/aromatic N) is 2. The first-order chi connectivity index (χ1) is 23.8. The highest BCUT2D eigenvalue weighted by Gasteiger charge is 2.21. The smallest absolute Gasteiger partial charge is 0.0974 e. The second-order valence-electron chi connectivity index (χ2n) is 12.4. The molecule has 10 aromatic rings. The zero-order valence-electron chi connectivity index (χ0n) is 26.1. The third-order valence-corrected chi connectivity index (χ3v) is 9.72. The molecule has 2 aromatic heterocycles. The van der Waals surface area contributed by atoms with Gasteiger partial charge in [0.1, 0.15) is 0 Å². The number of hydrogen-bond acceptors (Lipinski definition) is 0. The highest BCUT2D eigenvalue weighted by molar-refractivity contribution is 6.21. The Balaban J connectivity index is 1.29. The Bertz CT molecular complexity index is 2800. The normalized spacial score (nSPS) is 11.6. The molecule has 0 saturated heterocycles. The van der Waals surface area contributed by atoms with Crippen LogP contribution in [0.3, 0.4) is 0 Å². The lowest BCUT2D eigenvalue weighted by Crippen LogP contribution is -1.98. The minimum absolute atomic E-state index is 0.969. The summed E-state index contributed by atoms with van der Waals surface area (Å²) in [5.74, 6) is 0. The van der Waals surface area contributed by atoms with Gasteiger partial charge in [0.15, 0.2) is 0 Å². The van der Waals surface area contributed by atoms with Gasteiger partial charge < -0.3 is 9.13 Å². The van der Waals surface area contributed by atoms with Crippen LogP contribution in [0.1, 0.15) is 0 Å². The number of benzene rings is 7. The minimum atomic E-state index is 0.969. The van der Waals surface area contributed by atoms with Crippen LogP contribution in [-0.4, -0.2) is 9.13 Å². The standard InChI is InChI=1S/C46H28N2/c1-3-13-31(14-4-1)32-23-25-35(26-24-32)47-42-21-11-9-19-38(42)40-28-27-36(30-44(40)47)48-43-22-12-10-20-39(43)41-29-34-17-7-8-18-37(34)45(46(41)48)33-15-5-2-6-16-33/h1-23,25,27-30H. The van der Waals surface area contributed by atoms with E-state index >= 15 is 0 Å². The van der Waals surface area contributed by atoms with Crippen molar-refractivity contribution < 1.29 is 0 Å². The number of para-hydroxylation sites is 2. The molecule has 0 aliphatic carbocycles. The summed E-state index contributed by atoms with van der Waals surface area (Å²) in [6.45, 7) is 0. The van der Waals surface area contributed by atoms with E-state index in [0.717, 1.165) is 33.5 Å². The molecule has 0 bridgehead atoms. The summed E-state index contributed by atoms with van der Waals surface area (Å²) in [6.07, 6.45) is 0. The van der Waals surface area contributed by atoms with Crippen LogP contribution < -0.4 is 0 Å². The molecule has 48 heavy (non-hydrogen) atoms. The highest BCUT2D eigenvalue weighted by atomic mass is 15.0. The van der Waals surface area contributed by atoms with Crippen LogP contribution in [0.25, 0.3) is 88.0 Å². The second-order valence-corrected chi connectivity index (χ2v) is 12.4. The van der Waals surface area contributed by atoms with E-state index < -0.39 is 0 Å². The first kappa shape index (κ1) is 26.6. The molecule has 10 rings (SSSR count). The van der Waals surface area contributed by atoms with E-state index in [2.05, 4.69) is 185 Å². The summed E-state index contributed by atoms with van der Waals surface area (Å²) >= 11 is 0. The molecule has 0 saturated carbocycles. The largest absolute Gasteiger partial charge is 0.309 e. The SMILES string of the molecule is c1c(-c2ccccc2)ccc(-n2c3ccccc3c3ccc(-n4c5ccccc5c5cc6ccccc6c(-c6ccccc6)c54)cc32)c#1. The molecule has 2 nitrogen and oxygen atoms in total. The van der Waals surface area contributed by atoms with Crippen LogP contribution in [0.4, 0.5) is 0 Å². The molecule has 0 radical (unpaired) electrons. The molecule has 0 N–H and O–H groups in total. The zero-order valence-corrected chi connectivity index (χ0v) is 26.1. The van der Waals surface area contributed by atoms with Crippen LogP contribution >= 0.6 is 0 Å². The first-order valence-electron chi connectivity index (χ1n) is 16.4. The van der Waals surface area contributed by atoms with E-state index in [1.54, 1.807) is 0 Å². The maximum Gasteiger partial charge on any atom is 0.0974 e. The molecular formula is C46H28N2. The first-order valence-corrected chi connectivity index (χ1v) is 16.4. The molecule has 2 heterocycles. The molecule has 0 unspecified atom stereocenters. The Kier molecular flexibility index (Phi) is 5.82. The van der Waals surface area contributed by atoms with Crippen molar-refractivity contribution in [1.29, 1.82) is 0 Å². The Labute approximate surface area is 278 Å². The lowest BCUT2D eigenvalue weighted by Gasteiger charge is -2.15. The molecule has 0 aliphatic heterocycles. The molecule has 0 atom stereocenters. The van der Waals surface area contributed by atoms with Gasteiger partial charge in [-0.05, 0) is 70.4 Å². The predicted molar refractivity (Wildman–Crippen MR) is 201 cm³/mol. The summed E-state index contributed by atoms with van der Waals surface area (Å²) in [7, 11) is 0. The maximum atomic E-state index is 3.52. The summed E-state index contributed by atoms with van der Waals surface area (Å²) in [5.41, 5.74) is 11.4. The second kappa shape index (κ2) is 10.5.